The average molecular weight is 204 g/mol. The lowest BCUT2D eigenvalue weighted by atomic mass is 10.1. The van der Waals surface area contributed by atoms with Crippen molar-refractivity contribution in [1.82, 2.24) is 4.98 Å². The van der Waals surface area contributed by atoms with E-state index in [1.807, 2.05) is 20.0 Å². The van der Waals surface area contributed by atoms with Crippen molar-refractivity contribution in [1.29, 1.82) is 5.26 Å². The Morgan fingerprint density at radius 2 is 2.27 bits per heavy atom. The molecule has 78 valence electrons. The van der Waals surface area contributed by atoms with Crippen LogP contribution in [-0.4, -0.2) is 18.1 Å². The number of esters is 1. The molecule has 0 saturated heterocycles. The van der Waals surface area contributed by atoms with Crippen LogP contribution in [0.3, 0.4) is 0 Å². The largest absolute Gasteiger partial charge is 0.465 e. The fraction of sp³-hybridized carbons (Fsp3) is 0.273. The van der Waals surface area contributed by atoms with Crippen LogP contribution in [0.25, 0.3) is 6.08 Å². The molecule has 15 heavy (non-hydrogen) atoms. The maximum absolute atomic E-state index is 11.1. The van der Waals surface area contributed by atoms with Crippen molar-refractivity contribution in [2.75, 3.05) is 7.11 Å². The smallest absolute Gasteiger partial charge is 0.348 e. The second-order valence-electron chi connectivity index (χ2n) is 3.17. The first-order chi connectivity index (χ1) is 7.10. The predicted octanol–water partition coefficient (Wildman–Crippen LogP) is 1.71. The lowest BCUT2D eigenvalue weighted by Crippen LogP contribution is -2.02. The van der Waals surface area contributed by atoms with Gasteiger partial charge in [0.25, 0.3) is 0 Å². The first kappa shape index (κ1) is 11.1. The summed E-state index contributed by atoms with van der Waals surface area (Å²) >= 11 is 0. The van der Waals surface area contributed by atoms with Gasteiger partial charge in [-0.15, -0.1) is 0 Å². The molecule has 0 radical (unpaired) electrons. The van der Waals surface area contributed by atoms with Crippen LogP contribution in [0, 0.1) is 25.2 Å². The standard InChI is InChI=1S/C11H12N2O2/c1-7-6-13-10(8(7)2)4-9(5-12)11(14)15-3/h4,6,13H,1-3H3/b9-4+. The normalized spacial score (nSPS) is 10.9. The van der Waals surface area contributed by atoms with Gasteiger partial charge in [-0.2, -0.15) is 5.26 Å². The minimum Gasteiger partial charge on any atom is -0.465 e. The van der Waals surface area contributed by atoms with E-state index in [-0.39, 0.29) is 5.57 Å². The second-order valence-corrected chi connectivity index (χ2v) is 3.17. The zero-order valence-electron chi connectivity index (χ0n) is 8.92. The third-order valence-corrected chi connectivity index (χ3v) is 2.25. The van der Waals surface area contributed by atoms with Gasteiger partial charge in [-0.25, -0.2) is 4.79 Å². The summed E-state index contributed by atoms with van der Waals surface area (Å²) in [4.78, 5) is 14.1. The highest BCUT2D eigenvalue weighted by atomic mass is 16.5. The summed E-state index contributed by atoms with van der Waals surface area (Å²) in [6.07, 6.45) is 3.32. The Hall–Kier alpha value is -2.02. The number of aromatic amines is 1. The number of ether oxygens (including phenoxy) is 1. The molecular weight excluding hydrogens is 192 g/mol. The zero-order chi connectivity index (χ0) is 11.4. The quantitative estimate of drug-likeness (QED) is 0.453. The molecule has 0 aromatic carbocycles. The summed E-state index contributed by atoms with van der Waals surface area (Å²) in [5.74, 6) is -0.621. The van der Waals surface area contributed by atoms with Gasteiger partial charge in [0.05, 0.1) is 7.11 Å². The molecule has 0 aliphatic heterocycles. The van der Waals surface area contributed by atoms with E-state index < -0.39 is 5.97 Å². The van der Waals surface area contributed by atoms with Crippen molar-refractivity contribution >= 4 is 12.0 Å². The highest BCUT2D eigenvalue weighted by Gasteiger charge is 2.10. The topological polar surface area (TPSA) is 65.9 Å². The summed E-state index contributed by atoms with van der Waals surface area (Å²) in [6.45, 7) is 3.87. The summed E-state index contributed by atoms with van der Waals surface area (Å²) in [5.41, 5.74) is 2.85. The fourth-order valence-corrected chi connectivity index (χ4v) is 1.16. The van der Waals surface area contributed by atoms with E-state index in [0.29, 0.717) is 0 Å². The minimum absolute atomic E-state index is 0.0116. The van der Waals surface area contributed by atoms with Crippen LogP contribution in [0.5, 0.6) is 0 Å². The van der Waals surface area contributed by atoms with Crippen molar-refractivity contribution in [2.45, 2.75) is 13.8 Å². The number of aromatic nitrogens is 1. The Morgan fingerprint density at radius 1 is 1.60 bits per heavy atom. The minimum atomic E-state index is -0.621. The molecule has 1 aromatic rings. The zero-order valence-corrected chi connectivity index (χ0v) is 8.92. The van der Waals surface area contributed by atoms with E-state index >= 15 is 0 Å². The number of H-pyrrole nitrogens is 1. The number of nitriles is 1. The molecule has 0 saturated carbocycles. The molecule has 0 bridgehead atoms. The van der Waals surface area contributed by atoms with E-state index in [0.717, 1.165) is 16.8 Å². The summed E-state index contributed by atoms with van der Waals surface area (Å²) in [5, 5.41) is 8.75. The van der Waals surface area contributed by atoms with Crippen LogP contribution in [0.15, 0.2) is 11.8 Å². The van der Waals surface area contributed by atoms with Crippen LogP contribution in [0.1, 0.15) is 16.8 Å². The van der Waals surface area contributed by atoms with Gasteiger partial charge >= 0.3 is 5.97 Å². The number of methoxy groups -OCH3 is 1. The van der Waals surface area contributed by atoms with Crippen LogP contribution >= 0.6 is 0 Å². The maximum Gasteiger partial charge on any atom is 0.348 e. The molecule has 1 heterocycles. The number of hydrogen-bond acceptors (Lipinski definition) is 3. The van der Waals surface area contributed by atoms with Crippen molar-refractivity contribution in [3.63, 3.8) is 0 Å². The molecule has 0 atom stereocenters. The van der Waals surface area contributed by atoms with E-state index in [9.17, 15) is 4.79 Å². The van der Waals surface area contributed by atoms with Gasteiger partial charge in [-0.3, -0.25) is 0 Å². The summed E-state index contributed by atoms with van der Waals surface area (Å²) < 4.78 is 4.48. The molecule has 0 aliphatic rings. The molecule has 4 heteroatoms. The van der Waals surface area contributed by atoms with Crippen molar-refractivity contribution in [3.05, 3.63) is 28.6 Å². The number of aryl methyl sites for hydroxylation is 1. The molecule has 1 N–H and O–H groups in total. The monoisotopic (exact) mass is 204 g/mol. The maximum atomic E-state index is 11.1. The SMILES string of the molecule is COC(=O)/C(C#N)=C/c1[nH]cc(C)c1C. The van der Waals surface area contributed by atoms with E-state index in [1.165, 1.54) is 13.2 Å². The lowest BCUT2D eigenvalue weighted by molar-refractivity contribution is -0.135. The number of nitrogens with one attached hydrogen (secondary N) is 1. The Bertz CT molecular complexity index is 450. The number of rotatable bonds is 2. The summed E-state index contributed by atoms with van der Waals surface area (Å²) in [7, 11) is 1.25. The van der Waals surface area contributed by atoms with Gasteiger partial charge in [0.2, 0.25) is 0 Å². The fourth-order valence-electron chi connectivity index (χ4n) is 1.16. The van der Waals surface area contributed by atoms with Crippen molar-refractivity contribution in [3.8, 4) is 6.07 Å². The van der Waals surface area contributed by atoms with Crippen LogP contribution < -0.4 is 0 Å². The molecule has 0 spiro atoms. The molecule has 4 nitrogen and oxygen atoms in total. The number of hydrogen-bond donors (Lipinski definition) is 1. The predicted molar refractivity (Wildman–Crippen MR) is 55.9 cm³/mol. The Labute approximate surface area is 88.2 Å². The van der Waals surface area contributed by atoms with Crippen LogP contribution in [-0.2, 0) is 9.53 Å². The Morgan fingerprint density at radius 3 is 2.67 bits per heavy atom. The Balaban J connectivity index is 3.10. The third kappa shape index (κ3) is 2.26. The van der Waals surface area contributed by atoms with Gasteiger partial charge in [0, 0.05) is 11.9 Å². The number of nitrogens with zero attached hydrogens (tertiary/aromatic N) is 1. The van der Waals surface area contributed by atoms with E-state index in [4.69, 9.17) is 5.26 Å². The molecular formula is C11H12N2O2. The van der Waals surface area contributed by atoms with E-state index in [1.54, 1.807) is 6.07 Å². The number of carbonyl (C=O) groups is 1. The summed E-state index contributed by atoms with van der Waals surface area (Å²) in [6, 6.07) is 1.80. The molecule has 0 unspecified atom stereocenters. The van der Waals surface area contributed by atoms with E-state index in [2.05, 4.69) is 9.72 Å². The highest BCUT2D eigenvalue weighted by molar-refractivity contribution is 5.97. The lowest BCUT2D eigenvalue weighted by Gasteiger charge is -1.96. The van der Waals surface area contributed by atoms with Gasteiger partial charge in [0.1, 0.15) is 11.6 Å². The van der Waals surface area contributed by atoms with Gasteiger partial charge in [-0.05, 0) is 31.1 Å². The van der Waals surface area contributed by atoms with Gasteiger partial charge in [-0.1, -0.05) is 0 Å². The average Bonchev–Trinajstić information content (AvgIpc) is 2.56. The van der Waals surface area contributed by atoms with Crippen molar-refractivity contribution in [2.24, 2.45) is 0 Å². The van der Waals surface area contributed by atoms with Crippen molar-refractivity contribution < 1.29 is 9.53 Å². The molecule has 1 aromatic heterocycles. The molecule has 1 rings (SSSR count). The van der Waals surface area contributed by atoms with Crippen LogP contribution in [0.4, 0.5) is 0 Å². The molecule has 0 amide bonds. The first-order valence-corrected chi connectivity index (χ1v) is 4.44. The molecule has 0 aliphatic carbocycles. The number of carbonyl (C=O) groups excluding carboxylic acids is 1. The Kier molecular flexibility index (Phi) is 3.29. The second kappa shape index (κ2) is 4.47. The first-order valence-electron chi connectivity index (χ1n) is 4.44. The molecule has 0 fully saturated rings. The van der Waals surface area contributed by atoms with Crippen LogP contribution in [0.2, 0.25) is 0 Å². The van der Waals surface area contributed by atoms with Gasteiger partial charge < -0.3 is 9.72 Å². The van der Waals surface area contributed by atoms with Gasteiger partial charge in [0.15, 0.2) is 0 Å². The highest BCUT2D eigenvalue weighted by Crippen LogP contribution is 2.15. The third-order valence-electron chi connectivity index (χ3n) is 2.25.